The van der Waals surface area contributed by atoms with Crippen molar-refractivity contribution >= 4 is 34.6 Å². The molecule has 0 spiro atoms. The van der Waals surface area contributed by atoms with Crippen LogP contribution in [0.4, 0.5) is 52.7 Å². The zero-order chi connectivity index (χ0) is 21.7. The Morgan fingerprint density at radius 3 is 0.815 bits per heavy atom. The van der Waals surface area contributed by atoms with Crippen molar-refractivity contribution < 1.29 is 72.5 Å². The molecule has 0 aromatic rings. The van der Waals surface area contributed by atoms with Crippen molar-refractivity contribution in [3.05, 3.63) is 23.7 Å². The summed E-state index contributed by atoms with van der Waals surface area (Å²) in [4.78, 5) is 15.9. The van der Waals surface area contributed by atoms with Gasteiger partial charge in [-0.2, -0.15) is 52.7 Å². The third-order valence-corrected chi connectivity index (χ3v) is 1.68. The first-order chi connectivity index (χ1) is 11.1. The van der Waals surface area contributed by atoms with Crippen molar-refractivity contribution in [2.24, 2.45) is 0 Å². The summed E-state index contributed by atoms with van der Waals surface area (Å²) < 4.78 is 136. The van der Waals surface area contributed by atoms with Crippen LogP contribution < -0.4 is 10.2 Å². The second-order valence-electron chi connectivity index (χ2n) is 3.78. The van der Waals surface area contributed by atoms with E-state index in [0.717, 1.165) is 0 Å². The number of ketones is 2. The zero-order valence-corrected chi connectivity index (χ0v) is 13.5. The second kappa shape index (κ2) is 10.0. The molecular formula is C10H4F12MgO4+2. The minimum absolute atomic E-state index is 0. The van der Waals surface area contributed by atoms with Gasteiger partial charge in [-0.1, -0.05) is 0 Å². The Balaban J connectivity index is -0.000000411. The molecule has 0 radical (unpaired) electrons. The van der Waals surface area contributed by atoms with Crippen LogP contribution in [-0.2, 0) is 0 Å². The van der Waals surface area contributed by atoms with Gasteiger partial charge in [-0.25, -0.2) is 0 Å². The zero-order valence-electron chi connectivity index (χ0n) is 12.1. The van der Waals surface area contributed by atoms with Crippen molar-refractivity contribution in [3.8, 4) is 0 Å². The molecule has 4 nitrogen and oxygen atoms in total. The summed E-state index contributed by atoms with van der Waals surface area (Å²) in [6.07, 6.45) is -23.4. The maximum Gasteiger partial charge on any atom is 2.00 e. The SMILES string of the molecule is [Mg+2].[O-]/C(=C\C(=[OH+])C(F)(F)F)C(F)(F)F.[O-]/C(=C\C(=[OH+])C(F)(F)F)C(F)(F)F. The quantitative estimate of drug-likeness (QED) is 0.214. The van der Waals surface area contributed by atoms with Crippen molar-refractivity contribution in [1.29, 1.82) is 0 Å². The van der Waals surface area contributed by atoms with Crippen LogP contribution in [0.2, 0.25) is 0 Å². The fraction of sp³-hybridized carbons (Fsp3) is 0.400. The molecule has 0 heterocycles. The van der Waals surface area contributed by atoms with E-state index in [1.165, 1.54) is 0 Å². The van der Waals surface area contributed by atoms with Crippen molar-refractivity contribution in [2.45, 2.75) is 24.7 Å². The van der Waals surface area contributed by atoms with Gasteiger partial charge in [-0.3, -0.25) is 9.59 Å². The molecular weight excluding hydrogens is 436 g/mol. The number of rotatable bonds is 2. The van der Waals surface area contributed by atoms with Crippen LogP contribution in [0.15, 0.2) is 23.7 Å². The molecule has 0 saturated carbocycles. The van der Waals surface area contributed by atoms with E-state index in [9.17, 15) is 62.9 Å². The predicted molar refractivity (Wildman–Crippen MR) is 60.0 cm³/mol. The second-order valence-corrected chi connectivity index (χ2v) is 3.78. The van der Waals surface area contributed by atoms with E-state index in [1.54, 1.807) is 0 Å². The standard InChI is InChI=1S/2C5H2F6O2.Mg/c2*6-4(7,8)2(12)1-3(13)5(9,10)11;/h2*1,12H;/q;;+2/b2*2-1-;. The van der Waals surface area contributed by atoms with E-state index in [4.69, 9.17) is 9.59 Å². The molecule has 0 aromatic carbocycles. The minimum atomic E-state index is -5.42. The summed E-state index contributed by atoms with van der Waals surface area (Å²) in [5.74, 6) is -10.7. The van der Waals surface area contributed by atoms with Crippen LogP contribution in [0.3, 0.4) is 0 Å². The van der Waals surface area contributed by atoms with Gasteiger partial charge in [0.25, 0.3) is 0 Å². The smallest absolute Gasteiger partial charge is 0.869 e. The van der Waals surface area contributed by atoms with Gasteiger partial charge in [0.05, 0.1) is 0 Å². The van der Waals surface area contributed by atoms with Crippen molar-refractivity contribution in [2.75, 3.05) is 0 Å². The van der Waals surface area contributed by atoms with Gasteiger partial charge in [-0.15, -0.1) is 0 Å². The number of allylic oxidation sites excluding steroid dienone is 4. The largest absolute Gasteiger partial charge is 2.00 e. The van der Waals surface area contributed by atoms with Crippen LogP contribution in [0.5, 0.6) is 0 Å². The Bertz CT molecular complexity index is 527. The fourth-order valence-electron chi connectivity index (χ4n) is 0.576. The molecule has 0 aromatic heterocycles. The van der Waals surface area contributed by atoms with Crippen molar-refractivity contribution in [3.63, 3.8) is 0 Å². The van der Waals surface area contributed by atoms with Crippen LogP contribution >= 0.6 is 0 Å². The first-order valence-corrected chi connectivity index (χ1v) is 5.28. The van der Waals surface area contributed by atoms with Gasteiger partial charge < -0.3 is 10.2 Å². The van der Waals surface area contributed by atoms with Crippen molar-refractivity contribution in [1.82, 2.24) is 0 Å². The van der Waals surface area contributed by atoms with Gasteiger partial charge in [0.15, 0.2) is 0 Å². The summed E-state index contributed by atoms with van der Waals surface area (Å²) >= 11 is 0. The van der Waals surface area contributed by atoms with Crippen LogP contribution in [0.25, 0.3) is 0 Å². The Hall–Kier alpha value is -1.65. The average molecular weight is 440 g/mol. The number of alkyl halides is 12. The average Bonchev–Trinajstić information content (AvgIpc) is 2.34. The van der Waals surface area contributed by atoms with Gasteiger partial charge in [0, 0.05) is 12.2 Å². The Kier molecular flexibility index (Phi) is 11.2. The minimum Gasteiger partial charge on any atom is -0.869 e. The molecule has 27 heavy (non-hydrogen) atoms. The molecule has 0 aliphatic heterocycles. The third-order valence-electron chi connectivity index (χ3n) is 1.68. The summed E-state index contributed by atoms with van der Waals surface area (Å²) in [6.45, 7) is 0. The summed E-state index contributed by atoms with van der Waals surface area (Å²) in [5.41, 5.74) is 0. The predicted octanol–water partition coefficient (Wildman–Crippen LogP) is 1.42. The number of hydrogen-bond donors (Lipinski definition) is 0. The molecule has 0 amide bonds. The molecule has 0 aliphatic rings. The summed E-state index contributed by atoms with van der Waals surface area (Å²) in [5, 5.41) is 19.7. The Labute approximate surface area is 156 Å². The van der Waals surface area contributed by atoms with E-state index in [2.05, 4.69) is 0 Å². The molecule has 0 atom stereocenters. The third kappa shape index (κ3) is 13.2. The van der Waals surface area contributed by atoms with E-state index < -0.39 is 59.9 Å². The molecule has 17 heteroatoms. The van der Waals surface area contributed by atoms with Gasteiger partial charge >= 0.3 is 59.3 Å². The number of carbonyl (C=O) groups excluding carboxylic acids is 2. The maximum atomic E-state index is 11.4. The summed E-state index contributed by atoms with van der Waals surface area (Å²) in [6, 6.07) is 0. The molecule has 0 aliphatic carbocycles. The first kappa shape index (κ1) is 30.1. The van der Waals surface area contributed by atoms with Crippen LogP contribution in [-0.4, -0.2) is 68.9 Å². The number of hydrogen-bond acceptors (Lipinski definition) is 2. The van der Waals surface area contributed by atoms with E-state index in [-0.39, 0.29) is 23.1 Å². The first-order valence-electron chi connectivity index (χ1n) is 5.28. The molecule has 152 valence electrons. The Morgan fingerprint density at radius 1 is 0.519 bits per heavy atom. The van der Waals surface area contributed by atoms with Gasteiger partial charge in [0.1, 0.15) is 0 Å². The van der Waals surface area contributed by atoms with Gasteiger partial charge in [-0.05, 0) is 11.5 Å². The number of halogens is 12. The monoisotopic (exact) mass is 440 g/mol. The molecule has 0 bridgehead atoms. The molecule has 0 fully saturated rings. The fourth-order valence-corrected chi connectivity index (χ4v) is 0.576. The van der Waals surface area contributed by atoms with E-state index >= 15 is 0 Å². The molecule has 0 rings (SSSR count). The van der Waals surface area contributed by atoms with E-state index in [1.807, 2.05) is 0 Å². The normalized spacial score (nSPS) is 13.9. The molecule has 0 unspecified atom stereocenters. The van der Waals surface area contributed by atoms with Crippen LogP contribution in [0.1, 0.15) is 0 Å². The molecule has 0 saturated heterocycles. The van der Waals surface area contributed by atoms with Crippen LogP contribution in [0, 0.1) is 0 Å². The summed E-state index contributed by atoms with van der Waals surface area (Å²) in [7, 11) is 0. The topological polar surface area (TPSA) is 88.9 Å². The van der Waals surface area contributed by atoms with E-state index in [0.29, 0.717) is 0 Å². The van der Waals surface area contributed by atoms with Gasteiger partial charge in [0.2, 0.25) is 0 Å². The molecule has 2 N–H and O–H groups in total. The maximum absolute atomic E-state index is 11.4. The Morgan fingerprint density at radius 2 is 0.704 bits per heavy atom.